The number of anilines is 1. The van der Waals surface area contributed by atoms with E-state index in [0.29, 0.717) is 16.8 Å². The molecule has 0 aliphatic rings. The van der Waals surface area contributed by atoms with Gasteiger partial charge in [-0.2, -0.15) is 5.26 Å². The average Bonchev–Trinajstić information content (AvgIpc) is 2.11. The van der Waals surface area contributed by atoms with Gasteiger partial charge in [-0.25, -0.2) is 4.39 Å². The Morgan fingerprint density at radius 3 is 2.57 bits per heavy atom. The first-order valence-electron chi connectivity index (χ1n) is 4.51. The van der Waals surface area contributed by atoms with Crippen molar-refractivity contribution in [1.82, 2.24) is 0 Å². The third-order valence-corrected chi connectivity index (χ3v) is 1.92. The first-order valence-corrected chi connectivity index (χ1v) is 4.51. The molecule has 0 heterocycles. The average molecular weight is 192 g/mol. The van der Waals surface area contributed by atoms with E-state index in [2.05, 4.69) is 5.32 Å². The molecule has 0 aliphatic heterocycles. The third kappa shape index (κ3) is 2.23. The van der Waals surface area contributed by atoms with E-state index < -0.39 is 0 Å². The molecule has 0 saturated carbocycles. The first-order chi connectivity index (χ1) is 6.54. The topological polar surface area (TPSA) is 35.8 Å². The van der Waals surface area contributed by atoms with E-state index in [9.17, 15) is 4.39 Å². The summed E-state index contributed by atoms with van der Waals surface area (Å²) in [6.07, 6.45) is 0. The van der Waals surface area contributed by atoms with Gasteiger partial charge in [0.05, 0.1) is 11.6 Å². The lowest BCUT2D eigenvalue weighted by Crippen LogP contribution is -2.11. The maximum atomic E-state index is 13.3. The molecule has 0 bridgehead atoms. The van der Waals surface area contributed by atoms with Crippen molar-refractivity contribution >= 4 is 5.69 Å². The van der Waals surface area contributed by atoms with E-state index in [4.69, 9.17) is 5.26 Å². The lowest BCUT2D eigenvalue weighted by Gasteiger charge is -2.13. The zero-order chi connectivity index (χ0) is 10.7. The second kappa shape index (κ2) is 4.10. The van der Waals surface area contributed by atoms with Crippen LogP contribution in [0, 0.1) is 24.1 Å². The number of nitriles is 1. The number of hydrogen-bond acceptors (Lipinski definition) is 2. The Morgan fingerprint density at radius 2 is 2.07 bits per heavy atom. The maximum absolute atomic E-state index is 13.3. The summed E-state index contributed by atoms with van der Waals surface area (Å²) in [6, 6.07) is 5.07. The summed E-state index contributed by atoms with van der Waals surface area (Å²) in [4.78, 5) is 0. The summed E-state index contributed by atoms with van der Waals surface area (Å²) >= 11 is 0. The van der Waals surface area contributed by atoms with Gasteiger partial charge in [0.1, 0.15) is 5.82 Å². The molecule has 0 unspecified atom stereocenters. The lowest BCUT2D eigenvalue weighted by molar-refractivity contribution is 0.618. The minimum atomic E-state index is -0.341. The van der Waals surface area contributed by atoms with E-state index >= 15 is 0 Å². The molecular weight excluding hydrogens is 179 g/mol. The monoisotopic (exact) mass is 192 g/mol. The van der Waals surface area contributed by atoms with Crippen molar-refractivity contribution in [1.29, 1.82) is 5.26 Å². The highest BCUT2D eigenvalue weighted by molar-refractivity contribution is 5.56. The van der Waals surface area contributed by atoms with Gasteiger partial charge in [0.2, 0.25) is 0 Å². The van der Waals surface area contributed by atoms with Crippen molar-refractivity contribution in [2.24, 2.45) is 0 Å². The summed E-state index contributed by atoms with van der Waals surface area (Å²) in [5.41, 5.74) is 1.59. The van der Waals surface area contributed by atoms with E-state index in [1.54, 1.807) is 13.0 Å². The van der Waals surface area contributed by atoms with E-state index in [1.807, 2.05) is 19.9 Å². The molecule has 0 amide bonds. The molecule has 1 rings (SSSR count). The molecule has 0 radical (unpaired) electrons. The molecule has 1 aromatic rings. The van der Waals surface area contributed by atoms with Gasteiger partial charge >= 0.3 is 0 Å². The molecule has 0 aromatic heterocycles. The standard InChI is InChI=1S/C11H13FN2/c1-7(2)14-11-5-9(6-13)4-10(12)8(11)3/h4-5,7,14H,1-3H3. The number of nitrogens with zero attached hydrogens (tertiary/aromatic N) is 1. The molecular formula is C11H13FN2. The molecule has 0 saturated heterocycles. The SMILES string of the molecule is Cc1c(F)cc(C#N)cc1NC(C)C. The van der Waals surface area contributed by atoms with Crippen molar-refractivity contribution < 1.29 is 4.39 Å². The maximum Gasteiger partial charge on any atom is 0.129 e. The van der Waals surface area contributed by atoms with Crippen molar-refractivity contribution in [3.05, 3.63) is 29.1 Å². The van der Waals surface area contributed by atoms with Crippen LogP contribution in [0.1, 0.15) is 25.0 Å². The van der Waals surface area contributed by atoms with Crippen molar-refractivity contribution in [3.63, 3.8) is 0 Å². The Hall–Kier alpha value is -1.56. The fourth-order valence-electron chi connectivity index (χ4n) is 1.20. The zero-order valence-electron chi connectivity index (χ0n) is 8.56. The minimum absolute atomic E-state index is 0.224. The largest absolute Gasteiger partial charge is 0.383 e. The van der Waals surface area contributed by atoms with E-state index in [1.165, 1.54) is 6.07 Å². The molecule has 1 aromatic carbocycles. The third-order valence-electron chi connectivity index (χ3n) is 1.92. The van der Waals surface area contributed by atoms with Gasteiger partial charge in [0.15, 0.2) is 0 Å². The number of nitrogens with one attached hydrogen (secondary N) is 1. The van der Waals surface area contributed by atoms with Gasteiger partial charge in [0, 0.05) is 17.3 Å². The predicted octanol–water partition coefficient (Wildman–Crippen LogP) is 2.83. The molecule has 0 spiro atoms. The van der Waals surface area contributed by atoms with Crippen LogP contribution in [0.5, 0.6) is 0 Å². The Balaban J connectivity index is 3.15. The van der Waals surface area contributed by atoms with Crippen LogP contribution in [-0.4, -0.2) is 6.04 Å². The predicted molar refractivity (Wildman–Crippen MR) is 54.6 cm³/mol. The van der Waals surface area contributed by atoms with Crippen LogP contribution in [0.15, 0.2) is 12.1 Å². The van der Waals surface area contributed by atoms with Crippen LogP contribution in [0.3, 0.4) is 0 Å². The lowest BCUT2D eigenvalue weighted by atomic mass is 10.1. The molecule has 74 valence electrons. The van der Waals surface area contributed by atoms with Gasteiger partial charge in [-0.15, -0.1) is 0 Å². The molecule has 0 aliphatic carbocycles. The van der Waals surface area contributed by atoms with Gasteiger partial charge in [-0.05, 0) is 32.9 Å². The Labute approximate surface area is 83.4 Å². The highest BCUT2D eigenvalue weighted by atomic mass is 19.1. The first kappa shape index (κ1) is 10.5. The molecule has 3 heteroatoms. The summed E-state index contributed by atoms with van der Waals surface area (Å²) in [6.45, 7) is 5.63. The van der Waals surface area contributed by atoms with E-state index in [-0.39, 0.29) is 11.9 Å². The summed E-state index contributed by atoms with van der Waals surface area (Å²) in [5, 5.41) is 11.8. The van der Waals surface area contributed by atoms with E-state index in [0.717, 1.165) is 0 Å². The van der Waals surface area contributed by atoms with Crippen LogP contribution >= 0.6 is 0 Å². The second-order valence-corrected chi connectivity index (χ2v) is 3.54. The number of hydrogen-bond donors (Lipinski definition) is 1. The Bertz CT molecular complexity index is 378. The number of rotatable bonds is 2. The molecule has 0 atom stereocenters. The van der Waals surface area contributed by atoms with Crippen LogP contribution in [0.25, 0.3) is 0 Å². The van der Waals surface area contributed by atoms with Crippen molar-refractivity contribution in [3.8, 4) is 6.07 Å². The van der Waals surface area contributed by atoms with Gasteiger partial charge in [0.25, 0.3) is 0 Å². The molecule has 14 heavy (non-hydrogen) atoms. The molecule has 0 fully saturated rings. The normalized spacial score (nSPS) is 10.0. The fraction of sp³-hybridized carbons (Fsp3) is 0.364. The van der Waals surface area contributed by atoms with Crippen LogP contribution in [0.4, 0.5) is 10.1 Å². The fourth-order valence-corrected chi connectivity index (χ4v) is 1.20. The Kier molecular flexibility index (Phi) is 3.08. The van der Waals surface area contributed by atoms with Crippen LogP contribution in [-0.2, 0) is 0 Å². The van der Waals surface area contributed by atoms with Crippen LogP contribution in [0.2, 0.25) is 0 Å². The zero-order valence-corrected chi connectivity index (χ0v) is 8.56. The van der Waals surface area contributed by atoms with Gasteiger partial charge in [-0.1, -0.05) is 0 Å². The molecule has 1 N–H and O–H groups in total. The van der Waals surface area contributed by atoms with Crippen molar-refractivity contribution in [2.45, 2.75) is 26.8 Å². The van der Waals surface area contributed by atoms with Crippen molar-refractivity contribution in [2.75, 3.05) is 5.32 Å². The quantitative estimate of drug-likeness (QED) is 0.782. The minimum Gasteiger partial charge on any atom is -0.383 e. The van der Waals surface area contributed by atoms with Crippen LogP contribution < -0.4 is 5.32 Å². The highest BCUT2D eigenvalue weighted by Crippen LogP contribution is 2.20. The summed E-state index contributed by atoms with van der Waals surface area (Å²) < 4.78 is 13.3. The number of benzene rings is 1. The second-order valence-electron chi connectivity index (χ2n) is 3.54. The van der Waals surface area contributed by atoms with Gasteiger partial charge < -0.3 is 5.32 Å². The molecule has 2 nitrogen and oxygen atoms in total. The Morgan fingerprint density at radius 1 is 1.43 bits per heavy atom. The smallest absolute Gasteiger partial charge is 0.129 e. The summed E-state index contributed by atoms with van der Waals surface area (Å²) in [7, 11) is 0. The van der Waals surface area contributed by atoms with Gasteiger partial charge in [-0.3, -0.25) is 0 Å². The highest BCUT2D eigenvalue weighted by Gasteiger charge is 2.07. The summed E-state index contributed by atoms with van der Waals surface area (Å²) in [5.74, 6) is -0.341. The number of halogens is 1.